The van der Waals surface area contributed by atoms with E-state index >= 15 is 0 Å². The van der Waals surface area contributed by atoms with Gasteiger partial charge in [0.1, 0.15) is 11.1 Å². The summed E-state index contributed by atoms with van der Waals surface area (Å²) in [7, 11) is 2.51. The van der Waals surface area contributed by atoms with E-state index < -0.39 is 18.2 Å². The normalized spacial score (nSPS) is 13.9. The Kier molecular flexibility index (Phi) is 4.68. The number of aromatic nitrogens is 1. The first-order valence-electron chi connectivity index (χ1n) is 4.64. The molecule has 7 heteroatoms. The summed E-state index contributed by atoms with van der Waals surface area (Å²) >= 11 is 5.80. The number of rotatable bonds is 4. The molecule has 1 rings (SSSR count). The number of ether oxygens (including phenoxy) is 2. The van der Waals surface area contributed by atoms with Gasteiger partial charge in [-0.15, -0.1) is 0 Å². The molecule has 17 heavy (non-hydrogen) atoms. The van der Waals surface area contributed by atoms with Crippen LogP contribution >= 0.6 is 11.6 Å². The molecular formula is C10H12ClNO5. The van der Waals surface area contributed by atoms with Crippen LogP contribution in [0.5, 0.6) is 5.88 Å². The second-order valence-electron chi connectivity index (χ2n) is 3.17. The highest BCUT2D eigenvalue weighted by Gasteiger charge is 2.27. The van der Waals surface area contributed by atoms with Crippen molar-refractivity contribution < 1.29 is 24.5 Å². The molecule has 1 aromatic heterocycles. The molecule has 2 atom stereocenters. The smallest absolute Gasteiger partial charge is 0.337 e. The highest BCUT2D eigenvalue weighted by atomic mass is 35.5. The van der Waals surface area contributed by atoms with Gasteiger partial charge in [-0.1, -0.05) is 11.6 Å². The Morgan fingerprint density at radius 1 is 1.47 bits per heavy atom. The maximum absolute atomic E-state index is 11.0. The van der Waals surface area contributed by atoms with E-state index in [1.165, 1.54) is 19.4 Å². The highest BCUT2D eigenvalue weighted by molar-refractivity contribution is 6.31. The van der Waals surface area contributed by atoms with Crippen molar-refractivity contribution >= 4 is 17.6 Å². The largest absolute Gasteiger partial charge is 0.480 e. The van der Waals surface area contributed by atoms with Crippen molar-refractivity contribution in [2.24, 2.45) is 0 Å². The zero-order valence-corrected chi connectivity index (χ0v) is 10.0. The summed E-state index contributed by atoms with van der Waals surface area (Å²) < 4.78 is 9.13. The minimum absolute atomic E-state index is 0.168. The van der Waals surface area contributed by atoms with Gasteiger partial charge in [0.2, 0.25) is 5.88 Å². The Balaban J connectivity index is 2.93. The molecule has 0 fully saturated rings. The molecule has 6 nitrogen and oxygen atoms in total. The van der Waals surface area contributed by atoms with Crippen molar-refractivity contribution in [3.8, 4) is 5.88 Å². The average molecular weight is 262 g/mol. The van der Waals surface area contributed by atoms with E-state index in [0.717, 1.165) is 7.11 Å². The Bertz CT molecular complexity index is 412. The zero-order valence-electron chi connectivity index (χ0n) is 9.25. The zero-order chi connectivity index (χ0) is 13.0. The molecular weight excluding hydrogens is 250 g/mol. The third kappa shape index (κ3) is 3.06. The lowest BCUT2D eigenvalue weighted by atomic mass is 10.1. The van der Waals surface area contributed by atoms with Crippen LogP contribution in [0.1, 0.15) is 11.7 Å². The first kappa shape index (κ1) is 13.7. The van der Waals surface area contributed by atoms with E-state index in [0.29, 0.717) is 0 Å². The maximum atomic E-state index is 11.0. The first-order valence-corrected chi connectivity index (χ1v) is 5.02. The molecule has 0 amide bonds. The molecule has 0 spiro atoms. The Hall–Kier alpha value is -1.37. The average Bonchev–Trinajstić information content (AvgIpc) is 2.35. The molecule has 0 aliphatic rings. The third-order valence-corrected chi connectivity index (χ3v) is 2.38. The van der Waals surface area contributed by atoms with Crippen LogP contribution in [-0.2, 0) is 9.53 Å². The van der Waals surface area contributed by atoms with E-state index in [4.69, 9.17) is 16.3 Å². The number of carbonyl (C=O) groups is 1. The van der Waals surface area contributed by atoms with Crippen LogP contribution in [0, 0.1) is 0 Å². The van der Waals surface area contributed by atoms with E-state index in [1.54, 1.807) is 0 Å². The SMILES string of the molecule is COC(=O)C(O)C(O)c1cnc(OC)c(Cl)c1. The second-order valence-corrected chi connectivity index (χ2v) is 3.58. The van der Waals surface area contributed by atoms with Gasteiger partial charge in [-0.25, -0.2) is 9.78 Å². The van der Waals surface area contributed by atoms with Crippen LogP contribution in [0.15, 0.2) is 12.3 Å². The summed E-state index contributed by atoms with van der Waals surface area (Å²) in [5, 5.41) is 19.3. The number of methoxy groups -OCH3 is 2. The lowest BCUT2D eigenvalue weighted by Crippen LogP contribution is -2.29. The van der Waals surface area contributed by atoms with Crippen LogP contribution in [0.3, 0.4) is 0 Å². The summed E-state index contributed by atoms with van der Waals surface area (Å²) in [6, 6.07) is 1.35. The van der Waals surface area contributed by atoms with E-state index in [1.807, 2.05) is 0 Å². The van der Waals surface area contributed by atoms with Gasteiger partial charge in [0, 0.05) is 11.8 Å². The third-order valence-electron chi connectivity index (χ3n) is 2.11. The van der Waals surface area contributed by atoms with Crippen molar-refractivity contribution in [2.75, 3.05) is 14.2 Å². The quantitative estimate of drug-likeness (QED) is 0.759. The van der Waals surface area contributed by atoms with Crippen LogP contribution in [0.25, 0.3) is 0 Å². The summed E-state index contributed by atoms with van der Waals surface area (Å²) in [6.45, 7) is 0. The van der Waals surface area contributed by atoms with Gasteiger partial charge in [0.15, 0.2) is 6.10 Å². The van der Waals surface area contributed by atoms with Gasteiger partial charge in [0.05, 0.1) is 14.2 Å². The van der Waals surface area contributed by atoms with Gasteiger partial charge in [-0.2, -0.15) is 0 Å². The predicted molar refractivity (Wildman–Crippen MR) is 58.8 cm³/mol. The number of hydrogen-bond donors (Lipinski definition) is 2. The number of aliphatic hydroxyl groups is 2. The fourth-order valence-electron chi connectivity index (χ4n) is 1.18. The van der Waals surface area contributed by atoms with Gasteiger partial charge < -0.3 is 19.7 Å². The van der Waals surface area contributed by atoms with Crippen molar-refractivity contribution in [2.45, 2.75) is 12.2 Å². The van der Waals surface area contributed by atoms with Crippen LogP contribution in [-0.4, -0.2) is 41.5 Å². The fourth-order valence-corrected chi connectivity index (χ4v) is 1.44. The molecule has 2 unspecified atom stereocenters. The Morgan fingerprint density at radius 2 is 2.12 bits per heavy atom. The molecule has 0 aromatic carbocycles. The van der Waals surface area contributed by atoms with Crippen molar-refractivity contribution in [1.29, 1.82) is 0 Å². The molecule has 0 saturated carbocycles. The molecule has 0 saturated heterocycles. The van der Waals surface area contributed by atoms with E-state index in [2.05, 4.69) is 9.72 Å². The molecule has 0 aliphatic heterocycles. The number of carbonyl (C=O) groups excluding carboxylic acids is 1. The minimum atomic E-state index is -1.69. The molecule has 2 N–H and O–H groups in total. The van der Waals surface area contributed by atoms with Crippen molar-refractivity contribution in [1.82, 2.24) is 4.98 Å². The number of halogens is 1. The van der Waals surface area contributed by atoms with Crippen LogP contribution < -0.4 is 4.74 Å². The van der Waals surface area contributed by atoms with Gasteiger partial charge in [-0.05, 0) is 6.07 Å². The summed E-state index contributed by atoms with van der Waals surface area (Å²) in [5.41, 5.74) is 0.189. The molecule has 0 bridgehead atoms. The van der Waals surface area contributed by atoms with Crippen LogP contribution in [0.2, 0.25) is 5.02 Å². The minimum Gasteiger partial charge on any atom is -0.480 e. The Labute approximate surface area is 103 Å². The van der Waals surface area contributed by atoms with Gasteiger partial charge in [0.25, 0.3) is 0 Å². The van der Waals surface area contributed by atoms with Crippen molar-refractivity contribution in [3.05, 3.63) is 22.8 Å². The molecule has 1 aromatic rings. The molecule has 94 valence electrons. The highest BCUT2D eigenvalue weighted by Crippen LogP contribution is 2.26. The lowest BCUT2D eigenvalue weighted by molar-refractivity contribution is -0.156. The number of nitrogens with zero attached hydrogens (tertiary/aromatic N) is 1. The topological polar surface area (TPSA) is 88.9 Å². The number of pyridine rings is 1. The molecule has 0 radical (unpaired) electrons. The summed E-state index contributed by atoms with van der Waals surface area (Å²) in [5.74, 6) is -0.750. The maximum Gasteiger partial charge on any atom is 0.337 e. The summed E-state index contributed by atoms with van der Waals surface area (Å²) in [6.07, 6.45) is -1.90. The van der Waals surface area contributed by atoms with Crippen LogP contribution in [0.4, 0.5) is 0 Å². The fraction of sp³-hybridized carbons (Fsp3) is 0.400. The van der Waals surface area contributed by atoms with E-state index in [9.17, 15) is 15.0 Å². The first-order chi connectivity index (χ1) is 8.01. The second kappa shape index (κ2) is 5.81. The number of esters is 1. The standard InChI is InChI=1S/C10H12ClNO5/c1-16-9-6(11)3-5(4-12-9)7(13)8(14)10(15)17-2/h3-4,7-8,13-14H,1-2H3. The summed E-state index contributed by atoms with van der Waals surface area (Å²) in [4.78, 5) is 14.8. The lowest BCUT2D eigenvalue weighted by Gasteiger charge is -2.16. The molecule has 0 aliphatic carbocycles. The number of aliphatic hydroxyl groups excluding tert-OH is 2. The van der Waals surface area contributed by atoms with Gasteiger partial charge >= 0.3 is 5.97 Å². The van der Waals surface area contributed by atoms with Crippen molar-refractivity contribution in [3.63, 3.8) is 0 Å². The van der Waals surface area contributed by atoms with E-state index in [-0.39, 0.29) is 16.5 Å². The number of hydrogen-bond acceptors (Lipinski definition) is 6. The van der Waals surface area contributed by atoms with Gasteiger partial charge in [-0.3, -0.25) is 0 Å². The Morgan fingerprint density at radius 3 is 2.59 bits per heavy atom. The molecule has 1 heterocycles. The monoisotopic (exact) mass is 261 g/mol. The predicted octanol–water partition coefficient (Wildman–Crippen LogP) is 0.311.